The summed E-state index contributed by atoms with van der Waals surface area (Å²) in [5, 5.41) is 8.06. The largest absolute Gasteiger partial charge is 0.326 e. The van der Waals surface area contributed by atoms with Crippen molar-refractivity contribution in [3.05, 3.63) is 29.6 Å². The Morgan fingerprint density at radius 3 is 2.55 bits per heavy atom. The standard InChI is InChI=1S/C16H19N3O2S/c1-3-4-5-15(21)19-16-18-14(10-22-16)12-6-8-13(9-7-12)17-11(2)20/h6-10H,3-5H2,1-2H3,(H,17,20)(H,18,19,21). The number of thiazole rings is 1. The molecule has 2 N–H and O–H groups in total. The van der Waals surface area contributed by atoms with E-state index >= 15 is 0 Å². The number of carbonyl (C=O) groups is 2. The van der Waals surface area contributed by atoms with E-state index in [1.165, 1.54) is 18.3 Å². The van der Waals surface area contributed by atoms with E-state index in [1.807, 2.05) is 29.6 Å². The van der Waals surface area contributed by atoms with Crippen molar-refractivity contribution in [3.63, 3.8) is 0 Å². The third-order valence-corrected chi connectivity index (χ3v) is 3.77. The van der Waals surface area contributed by atoms with Gasteiger partial charge in [-0.1, -0.05) is 25.5 Å². The van der Waals surface area contributed by atoms with Gasteiger partial charge in [0.2, 0.25) is 11.8 Å². The topological polar surface area (TPSA) is 71.1 Å². The summed E-state index contributed by atoms with van der Waals surface area (Å²) in [4.78, 5) is 27.1. The summed E-state index contributed by atoms with van der Waals surface area (Å²) in [5.74, 6) is -0.0951. The van der Waals surface area contributed by atoms with Gasteiger partial charge in [-0.2, -0.15) is 0 Å². The minimum absolute atomic E-state index is 0.00348. The van der Waals surface area contributed by atoms with Gasteiger partial charge in [-0.3, -0.25) is 9.59 Å². The normalized spacial score (nSPS) is 10.3. The van der Waals surface area contributed by atoms with Crippen LogP contribution in [0.5, 0.6) is 0 Å². The number of nitrogens with one attached hydrogen (secondary N) is 2. The van der Waals surface area contributed by atoms with Crippen molar-refractivity contribution in [2.75, 3.05) is 10.6 Å². The summed E-state index contributed by atoms with van der Waals surface area (Å²) in [6.45, 7) is 3.53. The molecule has 0 spiro atoms. The summed E-state index contributed by atoms with van der Waals surface area (Å²) in [6.07, 6.45) is 2.41. The zero-order chi connectivity index (χ0) is 15.9. The zero-order valence-corrected chi connectivity index (χ0v) is 13.5. The van der Waals surface area contributed by atoms with E-state index in [0.29, 0.717) is 11.6 Å². The van der Waals surface area contributed by atoms with E-state index in [1.54, 1.807) is 0 Å². The fourth-order valence-corrected chi connectivity index (χ4v) is 2.65. The first-order chi connectivity index (χ1) is 10.6. The van der Waals surface area contributed by atoms with E-state index < -0.39 is 0 Å². The lowest BCUT2D eigenvalue weighted by Gasteiger charge is -2.03. The summed E-state index contributed by atoms with van der Waals surface area (Å²) < 4.78 is 0. The Balaban J connectivity index is 2.01. The molecule has 0 bridgehead atoms. The highest BCUT2D eigenvalue weighted by molar-refractivity contribution is 7.14. The average Bonchev–Trinajstić information content (AvgIpc) is 2.93. The van der Waals surface area contributed by atoms with Crippen LogP contribution < -0.4 is 10.6 Å². The number of hydrogen-bond donors (Lipinski definition) is 2. The first-order valence-corrected chi connectivity index (χ1v) is 8.10. The van der Waals surface area contributed by atoms with Gasteiger partial charge in [-0.15, -0.1) is 11.3 Å². The number of benzene rings is 1. The third kappa shape index (κ3) is 4.66. The van der Waals surface area contributed by atoms with Gasteiger partial charge in [0.15, 0.2) is 5.13 Å². The number of aromatic nitrogens is 1. The summed E-state index contributed by atoms with van der Waals surface area (Å²) >= 11 is 1.41. The van der Waals surface area contributed by atoms with Gasteiger partial charge in [0, 0.05) is 30.0 Å². The van der Waals surface area contributed by atoms with Gasteiger partial charge in [0.1, 0.15) is 0 Å². The first-order valence-electron chi connectivity index (χ1n) is 7.22. The number of nitrogens with zero attached hydrogens (tertiary/aromatic N) is 1. The van der Waals surface area contributed by atoms with Gasteiger partial charge >= 0.3 is 0 Å². The molecular weight excluding hydrogens is 298 g/mol. The molecule has 0 radical (unpaired) electrons. The summed E-state index contributed by atoms with van der Waals surface area (Å²) in [5.41, 5.74) is 2.50. The minimum Gasteiger partial charge on any atom is -0.326 e. The predicted molar refractivity (Wildman–Crippen MR) is 90.0 cm³/mol. The fraction of sp³-hybridized carbons (Fsp3) is 0.312. The number of hydrogen-bond acceptors (Lipinski definition) is 4. The number of rotatable bonds is 6. The second-order valence-electron chi connectivity index (χ2n) is 4.95. The van der Waals surface area contributed by atoms with Crippen LogP contribution in [0.2, 0.25) is 0 Å². The molecule has 2 aromatic rings. The Hall–Kier alpha value is -2.21. The van der Waals surface area contributed by atoms with E-state index in [2.05, 4.69) is 22.5 Å². The van der Waals surface area contributed by atoms with Crippen LogP contribution in [0.15, 0.2) is 29.6 Å². The van der Waals surface area contributed by atoms with E-state index in [-0.39, 0.29) is 11.8 Å². The first kappa shape index (κ1) is 16.2. The SMILES string of the molecule is CCCCC(=O)Nc1nc(-c2ccc(NC(C)=O)cc2)cs1. The summed E-state index contributed by atoms with van der Waals surface area (Å²) in [7, 11) is 0. The molecular formula is C16H19N3O2S. The molecule has 1 heterocycles. The average molecular weight is 317 g/mol. The quantitative estimate of drug-likeness (QED) is 0.849. The second-order valence-corrected chi connectivity index (χ2v) is 5.81. The lowest BCUT2D eigenvalue weighted by molar-refractivity contribution is -0.116. The smallest absolute Gasteiger partial charge is 0.226 e. The molecule has 2 rings (SSSR count). The van der Waals surface area contributed by atoms with Crippen LogP contribution in [0, 0.1) is 0 Å². The maximum atomic E-state index is 11.7. The Labute approximate surface area is 133 Å². The molecule has 1 aromatic carbocycles. The van der Waals surface area contributed by atoms with Crippen molar-refractivity contribution >= 4 is 34.0 Å². The van der Waals surface area contributed by atoms with Crippen LogP contribution in [-0.2, 0) is 9.59 Å². The molecule has 0 saturated heterocycles. The lowest BCUT2D eigenvalue weighted by Crippen LogP contribution is -2.10. The molecule has 116 valence electrons. The molecule has 22 heavy (non-hydrogen) atoms. The van der Waals surface area contributed by atoms with Gasteiger partial charge in [0.25, 0.3) is 0 Å². The molecule has 0 atom stereocenters. The fourth-order valence-electron chi connectivity index (χ4n) is 1.91. The van der Waals surface area contributed by atoms with Gasteiger partial charge in [-0.05, 0) is 18.6 Å². The summed E-state index contributed by atoms with van der Waals surface area (Å²) in [6, 6.07) is 7.44. The van der Waals surface area contributed by atoms with Crippen LogP contribution in [0.1, 0.15) is 33.1 Å². The highest BCUT2D eigenvalue weighted by atomic mass is 32.1. The molecule has 5 nitrogen and oxygen atoms in total. The maximum Gasteiger partial charge on any atom is 0.226 e. The van der Waals surface area contributed by atoms with Crippen molar-refractivity contribution in [3.8, 4) is 11.3 Å². The molecule has 6 heteroatoms. The number of amides is 2. The molecule has 0 aliphatic heterocycles. The Kier molecular flexibility index (Phi) is 5.66. The highest BCUT2D eigenvalue weighted by Gasteiger charge is 2.08. The Bertz CT molecular complexity index is 650. The van der Waals surface area contributed by atoms with E-state index in [9.17, 15) is 9.59 Å². The van der Waals surface area contributed by atoms with Crippen LogP contribution in [0.25, 0.3) is 11.3 Å². The molecule has 0 saturated carbocycles. The molecule has 0 unspecified atom stereocenters. The predicted octanol–water partition coefficient (Wildman–Crippen LogP) is 3.90. The molecule has 0 aliphatic rings. The van der Waals surface area contributed by atoms with E-state index in [4.69, 9.17) is 0 Å². The zero-order valence-electron chi connectivity index (χ0n) is 12.7. The lowest BCUT2D eigenvalue weighted by atomic mass is 10.1. The monoisotopic (exact) mass is 317 g/mol. The van der Waals surface area contributed by atoms with Crippen LogP contribution in [-0.4, -0.2) is 16.8 Å². The third-order valence-electron chi connectivity index (χ3n) is 3.01. The van der Waals surface area contributed by atoms with Gasteiger partial charge in [-0.25, -0.2) is 4.98 Å². The number of unbranched alkanes of at least 4 members (excludes halogenated alkanes) is 1. The van der Waals surface area contributed by atoms with Crippen LogP contribution in [0.4, 0.5) is 10.8 Å². The van der Waals surface area contributed by atoms with E-state index in [0.717, 1.165) is 29.8 Å². The second kappa shape index (κ2) is 7.70. The van der Waals surface area contributed by atoms with Gasteiger partial charge in [0.05, 0.1) is 5.69 Å². The Morgan fingerprint density at radius 2 is 1.91 bits per heavy atom. The van der Waals surface area contributed by atoms with Crippen molar-refractivity contribution in [1.82, 2.24) is 4.98 Å². The van der Waals surface area contributed by atoms with Crippen molar-refractivity contribution in [1.29, 1.82) is 0 Å². The molecule has 0 fully saturated rings. The Morgan fingerprint density at radius 1 is 1.18 bits per heavy atom. The molecule has 2 amide bonds. The van der Waals surface area contributed by atoms with Gasteiger partial charge < -0.3 is 10.6 Å². The van der Waals surface area contributed by atoms with Crippen LogP contribution in [0.3, 0.4) is 0 Å². The van der Waals surface area contributed by atoms with Crippen LogP contribution >= 0.6 is 11.3 Å². The number of carbonyl (C=O) groups excluding carboxylic acids is 2. The van der Waals surface area contributed by atoms with Crippen molar-refractivity contribution < 1.29 is 9.59 Å². The minimum atomic E-state index is -0.0986. The van der Waals surface area contributed by atoms with Crippen molar-refractivity contribution in [2.24, 2.45) is 0 Å². The molecule has 0 aliphatic carbocycles. The highest BCUT2D eigenvalue weighted by Crippen LogP contribution is 2.26. The number of anilines is 2. The maximum absolute atomic E-state index is 11.7. The van der Waals surface area contributed by atoms with Crippen molar-refractivity contribution in [2.45, 2.75) is 33.1 Å². The molecule has 1 aromatic heterocycles.